The highest BCUT2D eigenvalue weighted by molar-refractivity contribution is 5.29. The number of ether oxygens (including phenoxy) is 1. The Bertz CT molecular complexity index is 448. The summed E-state index contributed by atoms with van der Waals surface area (Å²) < 4.78 is 18.6. The second-order valence-electron chi connectivity index (χ2n) is 5.85. The van der Waals surface area contributed by atoms with Gasteiger partial charge in [0.2, 0.25) is 0 Å². The number of methoxy groups -OCH3 is 1. The molecule has 19 heavy (non-hydrogen) atoms. The first kappa shape index (κ1) is 14.3. The van der Waals surface area contributed by atoms with Gasteiger partial charge in [0.25, 0.3) is 0 Å². The Kier molecular flexibility index (Phi) is 4.11. The topological polar surface area (TPSA) is 32.7 Å². The molecule has 2 rings (SSSR count). The molecular weight excluding hydrogens is 245 g/mol. The van der Waals surface area contributed by atoms with Crippen LogP contribution in [-0.4, -0.2) is 35.3 Å². The Morgan fingerprint density at radius 2 is 2.21 bits per heavy atom. The van der Waals surface area contributed by atoms with Gasteiger partial charge in [0.05, 0.1) is 13.2 Å². The lowest BCUT2D eigenvalue weighted by molar-refractivity contribution is -0.00722. The number of benzene rings is 1. The molecule has 1 fully saturated rings. The van der Waals surface area contributed by atoms with Crippen LogP contribution in [0.25, 0.3) is 0 Å². The first-order chi connectivity index (χ1) is 8.92. The maximum atomic E-state index is 13.7. The highest BCUT2D eigenvalue weighted by Crippen LogP contribution is 2.29. The molecule has 0 aromatic heterocycles. The quantitative estimate of drug-likeness (QED) is 0.913. The molecule has 1 atom stereocenters. The van der Waals surface area contributed by atoms with E-state index in [2.05, 4.69) is 18.7 Å². The molecule has 0 saturated carbocycles. The van der Waals surface area contributed by atoms with Crippen LogP contribution in [0, 0.1) is 5.82 Å². The van der Waals surface area contributed by atoms with E-state index in [-0.39, 0.29) is 23.2 Å². The van der Waals surface area contributed by atoms with E-state index in [1.165, 1.54) is 13.2 Å². The summed E-state index contributed by atoms with van der Waals surface area (Å²) in [6.45, 7) is 5.77. The molecule has 1 aliphatic heterocycles. The van der Waals surface area contributed by atoms with Gasteiger partial charge in [0.1, 0.15) is 0 Å². The molecular formula is C15H22FNO2. The number of halogens is 1. The van der Waals surface area contributed by atoms with E-state index >= 15 is 0 Å². The van der Waals surface area contributed by atoms with Crippen LogP contribution in [0.5, 0.6) is 5.75 Å². The molecule has 1 N–H and O–H groups in total. The van der Waals surface area contributed by atoms with Crippen LogP contribution in [0.15, 0.2) is 18.2 Å². The minimum absolute atomic E-state index is 0.0614. The lowest BCUT2D eigenvalue weighted by Gasteiger charge is -2.44. The maximum absolute atomic E-state index is 13.7. The number of hydrogen-bond acceptors (Lipinski definition) is 3. The normalized spacial score (nSPS) is 23.3. The average molecular weight is 267 g/mol. The molecule has 0 bridgehead atoms. The Hall–Kier alpha value is -1.13. The smallest absolute Gasteiger partial charge is 0.165 e. The summed E-state index contributed by atoms with van der Waals surface area (Å²) in [5.74, 6) is -0.0491. The Labute approximate surface area is 114 Å². The van der Waals surface area contributed by atoms with Crippen molar-refractivity contribution in [3.05, 3.63) is 29.6 Å². The minimum atomic E-state index is -0.324. The third-order valence-corrected chi connectivity index (χ3v) is 3.91. The predicted molar refractivity (Wildman–Crippen MR) is 72.7 cm³/mol. The van der Waals surface area contributed by atoms with E-state index in [4.69, 9.17) is 4.74 Å². The molecule has 1 unspecified atom stereocenters. The fraction of sp³-hybridized carbons (Fsp3) is 0.600. The van der Waals surface area contributed by atoms with Gasteiger partial charge in [-0.3, -0.25) is 4.90 Å². The third-order valence-electron chi connectivity index (χ3n) is 3.91. The van der Waals surface area contributed by atoms with Gasteiger partial charge >= 0.3 is 0 Å². The molecule has 1 saturated heterocycles. The molecule has 0 radical (unpaired) electrons. The minimum Gasteiger partial charge on any atom is -0.494 e. The van der Waals surface area contributed by atoms with Gasteiger partial charge in [-0.05, 0) is 44.4 Å². The van der Waals surface area contributed by atoms with Crippen molar-refractivity contribution >= 4 is 0 Å². The molecule has 1 heterocycles. The molecule has 0 amide bonds. The maximum Gasteiger partial charge on any atom is 0.165 e. The lowest BCUT2D eigenvalue weighted by atomic mass is 9.88. The summed E-state index contributed by atoms with van der Waals surface area (Å²) in [4.78, 5) is 2.29. The zero-order valence-corrected chi connectivity index (χ0v) is 11.8. The second kappa shape index (κ2) is 5.47. The molecule has 106 valence electrons. The fourth-order valence-electron chi connectivity index (χ4n) is 2.74. The third kappa shape index (κ3) is 3.25. The van der Waals surface area contributed by atoms with E-state index < -0.39 is 0 Å². The number of aliphatic hydroxyl groups excluding tert-OH is 1. The molecule has 3 nitrogen and oxygen atoms in total. The molecule has 0 aliphatic carbocycles. The van der Waals surface area contributed by atoms with Crippen molar-refractivity contribution in [1.82, 2.24) is 4.90 Å². The van der Waals surface area contributed by atoms with Gasteiger partial charge in [0, 0.05) is 18.6 Å². The van der Waals surface area contributed by atoms with Crippen LogP contribution in [-0.2, 0) is 6.54 Å². The first-order valence-corrected chi connectivity index (χ1v) is 6.68. The Morgan fingerprint density at radius 3 is 2.79 bits per heavy atom. The number of nitrogens with zero attached hydrogens (tertiary/aromatic N) is 1. The number of hydrogen-bond donors (Lipinski definition) is 1. The summed E-state index contributed by atoms with van der Waals surface area (Å²) in [5, 5.41) is 9.74. The van der Waals surface area contributed by atoms with E-state index in [0.717, 1.165) is 24.9 Å². The zero-order valence-electron chi connectivity index (χ0n) is 11.8. The Morgan fingerprint density at radius 1 is 1.47 bits per heavy atom. The molecule has 0 spiro atoms. The van der Waals surface area contributed by atoms with Crippen molar-refractivity contribution in [2.75, 3.05) is 13.7 Å². The van der Waals surface area contributed by atoms with E-state index in [1.807, 2.05) is 6.07 Å². The van der Waals surface area contributed by atoms with Crippen LogP contribution in [0.3, 0.4) is 0 Å². The van der Waals surface area contributed by atoms with Crippen molar-refractivity contribution in [2.45, 2.75) is 44.9 Å². The van der Waals surface area contributed by atoms with Crippen molar-refractivity contribution in [1.29, 1.82) is 0 Å². The van der Waals surface area contributed by atoms with Crippen molar-refractivity contribution < 1.29 is 14.2 Å². The predicted octanol–water partition coefficient (Wildman–Crippen LogP) is 2.57. The molecule has 4 heteroatoms. The lowest BCUT2D eigenvalue weighted by Crippen LogP contribution is -2.50. The van der Waals surface area contributed by atoms with E-state index in [9.17, 15) is 9.50 Å². The monoisotopic (exact) mass is 267 g/mol. The van der Waals surface area contributed by atoms with Gasteiger partial charge in [0.15, 0.2) is 11.6 Å². The highest BCUT2D eigenvalue weighted by atomic mass is 19.1. The average Bonchev–Trinajstić information content (AvgIpc) is 2.32. The van der Waals surface area contributed by atoms with Crippen molar-refractivity contribution in [2.24, 2.45) is 0 Å². The van der Waals surface area contributed by atoms with Gasteiger partial charge in [-0.15, -0.1) is 0 Å². The van der Waals surface area contributed by atoms with Crippen LogP contribution < -0.4 is 4.74 Å². The summed E-state index contributed by atoms with van der Waals surface area (Å²) in [5.41, 5.74) is 0.872. The van der Waals surface area contributed by atoms with Gasteiger partial charge in [-0.2, -0.15) is 0 Å². The molecule has 1 aromatic carbocycles. The van der Waals surface area contributed by atoms with E-state index in [0.29, 0.717) is 6.54 Å². The molecule has 1 aromatic rings. The number of piperidine rings is 1. The van der Waals surface area contributed by atoms with Crippen molar-refractivity contribution in [3.8, 4) is 5.75 Å². The van der Waals surface area contributed by atoms with Crippen LogP contribution in [0.4, 0.5) is 4.39 Å². The van der Waals surface area contributed by atoms with Crippen LogP contribution in [0.2, 0.25) is 0 Å². The summed E-state index contributed by atoms with van der Waals surface area (Å²) >= 11 is 0. The first-order valence-electron chi connectivity index (χ1n) is 6.68. The van der Waals surface area contributed by atoms with Gasteiger partial charge in [-0.25, -0.2) is 4.39 Å². The fourth-order valence-corrected chi connectivity index (χ4v) is 2.74. The second-order valence-corrected chi connectivity index (χ2v) is 5.85. The largest absolute Gasteiger partial charge is 0.494 e. The highest BCUT2D eigenvalue weighted by Gasteiger charge is 2.33. The van der Waals surface area contributed by atoms with Crippen LogP contribution >= 0.6 is 0 Å². The van der Waals surface area contributed by atoms with Gasteiger partial charge in [-0.1, -0.05) is 6.07 Å². The number of rotatable bonds is 3. The van der Waals surface area contributed by atoms with Crippen molar-refractivity contribution in [3.63, 3.8) is 0 Å². The Balaban J connectivity index is 2.10. The van der Waals surface area contributed by atoms with E-state index in [1.54, 1.807) is 6.07 Å². The van der Waals surface area contributed by atoms with Crippen LogP contribution in [0.1, 0.15) is 32.3 Å². The summed E-state index contributed by atoms with van der Waals surface area (Å²) in [6, 6.07) is 5.08. The van der Waals surface area contributed by atoms with Gasteiger partial charge < -0.3 is 9.84 Å². The number of aliphatic hydroxyl groups is 1. The summed E-state index contributed by atoms with van der Waals surface area (Å²) in [6.07, 6.45) is 1.31. The number of likely N-dealkylation sites (tertiary alicyclic amines) is 1. The zero-order chi connectivity index (χ0) is 14.0. The SMILES string of the molecule is COc1ccc(CN2CCC(O)CC2(C)C)cc1F. The standard InChI is InChI=1S/C15H22FNO2/c1-15(2)9-12(18)6-7-17(15)10-11-4-5-14(19-3)13(16)8-11/h4-5,8,12,18H,6-7,9-10H2,1-3H3. The molecule has 1 aliphatic rings. The summed E-state index contributed by atoms with van der Waals surface area (Å²) in [7, 11) is 1.47.